The predicted octanol–water partition coefficient (Wildman–Crippen LogP) is 4.47. The van der Waals surface area contributed by atoms with Crippen LogP contribution in [0.15, 0.2) is 54.6 Å². The number of amides is 1. The molecule has 0 fully saturated rings. The van der Waals surface area contributed by atoms with Gasteiger partial charge in [-0.05, 0) is 55.8 Å². The largest absolute Gasteiger partial charge is 0.334 e. The summed E-state index contributed by atoms with van der Waals surface area (Å²) in [5.41, 5.74) is 1.62. The number of carbonyl (C=O) groups excluding carboxylic acids is 1. The molecule has 0 unspecified atom stereocenters. The number of halogens is 2. The van der Waals surface area contributed by atoms with Gasteiger partial charge in [0.15, 0.2) is 11.5 Å². The van der Waals surface area contributed by atoms with Gasteiger partial charge in [0.25, 0.3) is 5.91 Å². The molecular formula is C20H18F2N4O. The molecule has 1 aromatic heterocycles. The van der Waals surface area contributed by atoms with Crippen LogP contribution in [0.1, 0.15) is 23.0 Å². The lowest BCUT2D eigenvalue weighted by Crippen LogP contribution is -2.31. The Balaban J connectivity index is 1.81. The standard InChI is InChI=1S/C20H18F2N4O/c1-3-26(14-7-4-6-13(2)12-14)20(27)17-10-11-18(25-24-17)23-19-15(21)8-5-9-16(19)22/h4-12H,3H2,1-2H3,(H,23,25). The SMILES string of the molecule is CCN(C(=O)c1ccc(Nc2c(F)cccc2F)nn1)c1cccc(C)c1. The molecule has 1 N–H and O–H groups in total. The van der Waals surface area contributed by atoms with Gasteiger partial charge in [0.1, 0.15) is 17.3 Å². The van der Waals surface area contributed by atoms with E-state index in [4.69, 9.17) is 0 Å². The fourth-order valence-electron chi connectivity index (χ4n) is 2.64. The van der Waals surface area contributed by atoms with Crippen LogP contribution in [0.2, 0.25) is 0 Å². The number of hydrogen-bond acceptors (Lipinski definition) is 4. The van der Waals surface area contributed by atoms with Crippen LogP contribution in [0.4, 0.5) is 26.0 Å². The second-order valence-electron chi connectivity index (χ2n) is 5.91. The molecule has 27 heavy (non-hydrogen) atoms. The van der Waals surface area contributed by atoms with Crippen LogP contribution in [-0.4, -0.2) is 22.6 Å². The van der Waals surface area contributed by atoms with Crippen molar-refractivity contribution in [3.8, 4) is 0 Å². The Kier molecular flexibility index (Phi) is 5.40. The van der Waals surface area contributed by atoms with Crippen molar-refractivity contribution < 1.29 is 13.6 Å². The van der Waals surface area contributed by atoms with E-state index in [0.717, 1.165) is 23.4 Å². The molecular weight excluding hydrogens is 350 g/mol. The Bertz CT molecular complexity index is 940. The van der Waals surface area contributed by atoms with Crippen molar-refractivity contribution in [1.29, 1.82) is 0 Å². The fourth-order valence-corrected chi connectivity index (χ4v) is 2.64. The Morgan fingerprint density at radius 3 is 2.33 bits per heavy atom. The maximum absolute atomic E-state index is 13.7. The quantitative estimate of drug-likeness (QED) is 0.722. The first-order valence-corrected chi connectivity index (χ1v) is 8.43. The van der Waals surface area contributed by atoms with Crippen molar-refractivity contribution in [2.24, 2.45) is 0 Å². The average Bonchev–Trinajstić information content (AvgIpc) is 2.66. The number of nitrogens with one attached hydrogen (secondary N) is 1. The molecule has 0 atom stereocenters. The van der Waals surface area contributed by atoms with Crippen LogP contribution in [0, 0.1) is 18.6 Å². The summed E-state index contributed by atoms with van der Waals surface area (Å²) in [5, 5.41) is 10.3. The van der Waals surface area contributed by atoms with Gasteiger partial charge in [-0.2, -0.15) is 0 Å². The zero-order chi connectivity index (χ0) is 19.4. The molecule has 0 saturated heterocycles. The molecule has 0 aliphatic heterocycles. The van der Waals surface area contributed by atoms with Crippen LogP contribution in [0.3, 0.4) is 0 Å². The lowest BCUT2D eigenvalue weighted by atomic mass is 10.2. The summed E-state index contributed by atoms with van der Waals surface area (Å²) in [5.74, 6) is -1.66. The van der Waals surface area contributed by atoms with Crippen LogP contribution < -0.4 is 10.2 Å². The van der Waals surface area contributed by atoms with Gasteiger partial charge >= 0.3 is 0 Å². The van der Waals surface area contributed by atoms with Gasteiger partial charge in [-0.15, -0.1) is 10.2 Å². The molecule has 138 valence electrons. The molecule has 7 heteroatoms. The summed E-state index contributed by atoms with van der Waals surface area (Å²) < 4.78 is 27.4. The predicted molar refractivity (Wildman–Crippen MR) is 100 cm³/mol. The molecule has 2 aromatic carbocycles. The molecule has 1 heterocycles. The van der Waals surface area contributed by atoms with Crippen molar-refractivity contribution in [3.05, 3.63) is 77.5 Å². The van der Waals surface area contributed by atoms with E-state index in [1.807, 2.05) is 38.1 Å². The van der Waals surface area contributed by atoms with Gasteiger partial charge in [-0.3, -0.25) is 4.79 Å². The van der Waals surface area contributed by atoms with Crippen LogP contribution >= 0.6 is 0 Å². The first-order valence-electron chi connectivity index (χ1n) is 8.43. The van der Waals surface area contributed by atoms with Crippen molar-refractivity contribution in [1.82, 2.24) is 10.2 Å². The molecule has 5 nitrogen and oxygen atoms in total. The van der Waals surface area contributed by atoms with Gasteiger partial charge in [0.05, 0.1) is 0 Å². The van der Waals surface area contributed by atoms with E-state index in [1.165, 1.54) is 18.2 Å². The minimum Gasteiger partial charge on any atom is -0.334 e. The number of aryl methyl sites for hydroxylation is 1. The van der Waals surface area contributed by atoms with E-state index in [1.54, 1.807) is 4.90 Å². The minimum absolute atomic E-state index is 0.133. The third-order valence-electron chi connectivity index (χ3n) is 3.97. The van der Waals surface area contributed by atoms with Gasteiger partial charge in [-0.1, -0.05) is 18.2 Å². The number of nitrogens with zero attached hydrogens (tertiary/aromatic N) is 3. The molecule has 0 saturated carbocycles. The number of rotatable bonds is 5. The Morgan fingerprint density at radius 2 is 1.74 bits per heavy atom. The Morgan fingerprint density at radius 1 is 1.04 bits per heavy atom. The van der Waals surface area contributed by atoms with Crippen molar-refractivity contribution >= 4 is 23.1 Å². The number of carbonyl (C=O) groups is 1. The molecule has 0 aliphatic rings. The van der Waals surface area contributed by atoms with E-state index < -0.39 is 11.6 Å². The third-order valence-corrected chi connectivity index (χ3v) is 3.97. The second kappa shape index (κ2) is 7.90. The minimum atomic E-state index is -0.742. The molecule has 1 amide bonds. The van der Waals surface area contributed by atoms with E-state index in [0.29, 0.717) is 6.54 Å². The molecule has 3 rings (SSSR count). The maximum atomic E-state index is 13.7. The molecule has 0 bridgehead atoms. The fraction of sp³-hybridized carbons (Fsp3) is 0.150. The highest BCUT2D eigenvalue weighted by Gasteiger charge is 2.18. The highest BCUT2D eigenvalue weighted by molar-refractivity contribution is 6.04. The normalized spacial score (nSPS) is 10.5. The maximum Gasteiger partial charge on any atom is 0.278 e. The number of benzene rings is 2. The van der Waals surface area contributed by atoms with Gasteiger partial charge in [0.2, 0.25) is 0 Å². The van der Waals surface area contributed by atoms with Crippen molar-refractivity contribution in [2.45, 2.75) is 13.8 Å². The molecule has 0 aliphatic carbocycles. The molecule has 0 spiro atoms. The number of hydrogen-bond donors (Lipinski definition) is 1. The lowest BCUT2D eigenvalue weighted by molar-refractivity contribution is 0.0982. The van der Waals surface area contributed by atoms with E-state index >= 15 is 0 Å². The summed E-state index contributed by atoms with van der Waals surface area (Å²) in [4.78, 5) is 14.3. The summed E-state index contributed by atoms with van der Waals surface area (Å²) in [6.07, 6.45) is 0. The first-order chi connectivity index (χ1) is 13.0. The van der Waals surface area contributed by atoms with E-state index in [-0.39, 0.29) is 23.1 Å². The summed E-state index contributed by atoms with van der Waals surface area (Å²) in [7, 11) is 0. The number of aromatic nitrogens is 2. The van der Waals surface area contributed by atoms with Crippen LogP contribution in [0.5, 0.6) is 0 Å². The summed E-state index contributed by atoms with van der Waals surface area (Å²) in [6, 6.07) is 14.0. The Hall–Kier alpha value is -3.35. The van der Waals surface area contributed by atoms with Crippen molar-refractivity contribution in [2.75, 3.05) is 16.8 Å². The smallest absolute Gasteiger partial charge is 0.278 e. The Labute approximate surface area is 155 Å². The van der Waals surface area contributed by atoms with Crippen molar-refractivity contribution in [3.63, 3.8) is 0 Å². The van der Waals surface area contributed by atoms with Gasteiger partial charge in [0, 0.05) is 12.2 Å². The monoisotopic (exact) mass is 368 g/mol. The first kappa shape index (κ1) is 18.4. The second-order valence-corrected chi connectivity index (χ2v) is 5.91. The number of anilines is 3. The highest BCUT2D eigenvalue weighted by Crippen LogP contribution is 2.22. The molecule has 0 radical (unpaired) electrons. The van der Waals surface area contributed by atoms with E-state index in [2.05, 4.69) is 15.5 Å². The summed E-state index contributed by atoms with van der Waals surface area (Å²) >= 11 is 0. The number of para-hydroxylation sites is 1. The topological polar surface area (TPSA) is 58.1 Å². The van der Waals surface area contributed by atoms with E-state index in [9.17, 15) is 13.6 Å². The zero-order valence-electron chi connectivity index (χ0n) is 14.9. The average molecular weight is 368 g/mol. The van der Waals surface area contributed by atoms with Gasteiger partial charge in [-0.25, -0.2) is 8.78 Å². The zero-order valence-corrected chi connectivity index (χ0v) is 14.9. The lowest BCUT2D eigenvalue weighted by Gasteiger charge is -2.21. The highest BCUT2D eigenvalue weighted by atomic mass is 19.1. The third kappa shape index (κ3) is 4.08. The molecule has 3 aromatic rings. The van der Waals surface area contributed by atoms with Crippen LogP contribution in [0.25, 0.3) is 0 Å². The van der Waals surface area contributed by atoms with Gasteiger partial charge < -0.3 is 10.2 Å². The van der Waals surface area contributed by atoms with Crippen LogP contribution in [-0.2, 0) is 0 Å². The summed E-state index contributed by atoms with van der Waals surface area (Å²) in [6.45, 7) is 4.28.